The highest BCUT2D eigenvalue weighted by Gasteiger charge is 2.28. The fraction of sp³-hybridized carbons (Fsp3) is 0.895. The minimum Gasteiger partial charge on any atom is -0.444 e. The quantitative estimate of drug-likeness (QED) is 0.357. The molecular formula is C19H38IN5O2. The maximum atomic E-state index is 11.9. The van der Waals surface area contributed by atoms with Crippen molar-refractivity contribution in [2.24, 2.45) is 10.9 Å². The average Bonchev–Trinajstić information content (AvgIpc) is 2.99. The molecule has 158 valence electrons. The number of likely N-dealkylation sites (tertiary alicyclic amines) is 2. The Kier molecular flexibility index (Phi) is 10.1. The predicted molar refractivity (Wildman–Crippen MR) is 121 cm³/mol. The van der Waals surface area contributed by atoms with E-state index in [-0.39, 0.29) is 36.1 Å². The first-order chi connectivity index (χ1) is 12.3. The van der Waals surface area contributed by atoms with Gasteiger partial charge in [-0.1, -0.05) is 0 Å². The van der Waals surface area contributed by atoms with Crippen LogP contribution in [0.3, 0.4) is 0 Å². The van der Waals surface area contributed by atoms with Crippen LogP contribution in [0.2, 0.25) is 0 Å². The molecule has 2 fully saturated rings. The molecule has 2 N–H and O–H groups in total. The Morgan fingerprint density at radius 2 is 1.85 bits per heavy atom. The van der Waals surface area contributed by atoms with E-state index in [0.717, 1.165) is 37.9 Å². The number of ether oxygens (including phenoxy) is 1. The Morgan fingerprint density at radius 1 is 1.19 bits per heavy atom. The first-order valence-electron chi connectivity index (χ1n) is 9.90. The van der Waals surface area contributed by atoms with Crippen molar-refractivity contribution in [1.29, 1.82) is 0 Å². The van der Waals surface area contributed by atoms with E-state index in [9.17, 15) is 4.79 Å². The van der Waals surface area contributed by atoms with Gasteiger partial charge in [0.15, 0.2) is 5.96 Å². The van der Waals surface area contributed by atoms with Gasteiger partial charge in [-0.3, -0.25) is 4.99 Å². The van der Waals surface area contributed by atoms with Gasteiger partial charge in [0, 0.05) is 26.7 Å². The Morgan fingerprint density at radius 3 is 2.44 bits per heavy atom. The van der Waals surface area contributed by atoms with E-state index in [1.54, 1.807) is 0 Å². The number of piperidine rings is 1. The van der Waals surface area contributed by atoms with Gasteiger partial charge in [0.25, 0.3) is 0 Å². The molecule has 2 rings (SSSR count). The van der Waals surface area contributed by atoms with Crippen LogP contribution < -0.4 is 10.6 Å². The van der Waals surface area contributed by atoms with Crippen LogP contribution in [-0.4, -0.2) is 80.3 Å². The zero-order valence-corrected chi connectivity index (χ0v) is 19.9. The van der Waals surface area contributed by atoms with Crippen molar-refractivity contribution in [3.63, 3.8) is 0 Å². The van der Waals surface area contributed by atoms with Gasteiger partial charge < -0.3 is 25.2 Å². The van der Waals surface area contributed by atoms with Crippen molar-refractivity contribution in [2.75, 3.05) is 46.8 Å². The molecule has 8 heteroatoms. The van der Waals surface area contributed by atoms with Crippen LogP contribution >= 0.6 is 24.0 Å². The summed E-state index contributed by atoms with van der Waals surface area (Å²) in [7, 11) is 4.03. The summed E-state index contributed by atoms with van der Waals surface area (Å²) in [6.45, 7) is 10.7. The van der Waals surface area contributed by atoms with Gasteiger partial charge in [-0.25, -0.2) is 4.79 Å². The summed E-state index contributed by atoms with van der Waals surface area (Å²) in [6, 6.07) is 0.109. The lowest BCUT2D eigenvalue weighted by Gasteiger charge is -2.29. The minimum atomic E-state index is -0.464. The normalized spacial score (nSPS) is 22.3. The van der Waals surface area contributed by atoms with Gasteiger partial charge in [0.05, 0.1) is 6.04 Å². The number of hydrogen-bond donors (Lipinski definition) is 2. The SMILES string of the molecule is CN=C(NCCC1CCN(C)CC1)N1CCC(NC(=O)OC(C)(C)C)C1.I. The third-order valence-electron chi connectivity index (χ3n) is 5.09. The lowest BCUT2D eigenvalue weighted by atomic mass is 9.94. The van der Waals surface area contributed by atoms with Gasteiger partial charge in [-0.05, 0) is 72.5 Å². The third-order valence-corrected chi connectivity index (χ3v) is 5.09. The number of amides is 1. The van der Waals surface area contributed by atoms with Gasteiger partial charge in [-0.15, -0.1) is 24.0 Å². The van der Waals surface area contributed by atoms with Crippen molar-refractivity contribution in [3.8, 4) is 0 Å². The van der Waals surface area contributed by atoms with Crippen LogP contribution in [-0.2, 0) is 4.74 Å². The Bertz CT molecular complexity index is 487. The largest absolute Gasteiger partial charge is 0.444 e. The highest BCUT2D eigenvalue weighted by molar-refractivity contribution is 14.0. The second-order valence-corrected chi connectivity index (χ2v) is 8.59. The molecule has 1 amide bonds. The van der Waals surface area contributed by atoms with Crippen LogP contribution in [0, 0.1) is 5.92 Å². The summed E-state index contributed by atoms with van der Waals surface area (Å²) < 4.78 is 5.34. The smallest absolute Gasteiger partial charge is 0.407 e. The Balaban J connectivity index is 0.00000364. The molecule has 0 saturated carbocycles. The zero-order valence-electron chi connectivity index (χ0n) is 17.6. The second-order valence-electron chi connectivity index (χ2n) is 8.59. The van der Waals surface area contributed by atoms with E-state index in [0.29, 0.717) is 0 Å². The summed E-state index contributed by atoms with van der Waals surface area (Å²) in [4.78, 5) is 21.0. The maximum Gasteiger partial charge on any atom is 0.407 e. The van der Waals surface area contributed by atoms with E-state index in [1.165, 1.54) is 32.4 Å². The molecule has 1 atom stereocenters. The summed E-state index contributed by atoms with van der Waals surface area (Å²) >= 11 is 0. The molecule has 1 unspecified atom stereocenters. The van der Waals surface area contributed by atoms with Crippen molar-refractivity contribution >= 4 is 36.0 Å². The minimum absolute atomic E-state index is 0. The molecule has 0 bridgehead atoms. The molecule has 0 aliphatic carbocycles. The van der Waals surface area contributed by atoms with Crippen molar-refractivity contribution in [1.82, 2.24) is 20.4 Å². The number of aliphatic imine (C=N–C) groups is 1. The van der Waals surface area contributed by atoms with Crippen molar-refractivity contribution < 1.29 is 9.53 Å². The molecule has 7 nitrogen and oxygen atoms in total. The Labute approximate surface area is 181 Å². The topological polar surface area (TPSA) is 69.2 Å². The number of nitrogens with zero attached hydrogens (tertiary/aromatic N) is 3. The standard InChI is InChI=1S/C19H37N5O2.HI/c1-19(2,3)26-18(25)22-16-9-13-24(14-16)17(20-4)21-10-6-15-7-11-23(5)12-8-15;/h15-16H,6-14H2,1-5H3,(H,20,21)(H,22,25);1H. The summed E-state index contributed by atoms with van der Waals surface area (Å²) in [5.41, 5.74) is -0.464. The molecule has 0 aromatic carbocycles. The Hall–Kier alpha value is -0.770. The predicted octanol–water partition coefficient (Wildman–Crippen LogP) is 2.51. The van der Waals surface area contributed by atoms with Crippen LogP contribution in [0.5, 0.6) is 0 Å². The number of carbonyl (C=O) groups is 1. The average molecular weight is 495 g/mol. The number of guanidine groups is 1. The molecule has 2 heterocycles. The molecule has 27 heavy (non-hydrogen) atoms. The molecule has 2 saturated heterocycles. The third kappa shape index (κ3) is 8.85. The van der Waals surface area contributed by atoms with E-state index < -0.39 is 5.60 Å². The summed E-state index contributed by atoms with van der Waals surface area (Å²) in [6.07, 6.45) is 4.36. The number of rotatable bonds is 4. The number of halogens is 1. The van der Waals surface area contributed by atoms with Crippen LogP contribution in [0.25, 0.3) is 0 Å². The van der Waals surface area contributed by atoms with Crippen LogP contribution in [0.15, 0.2) is 4.99 Å². The molecule has 0 aromatic heterocycles. The zero-order chi connectivity index (χ0) is 19.2. The number of hydrogen-bond acceptors (Lipinski definition) is 4. The molecular weight excluding hydrogens is 457 g/mol. The number of alkyl carbamates (subject to hydrolysis) is 1. The molecule has 0 aromatic rings. The maximum absolute atomic E-state index is 11.9. The fourth-order valence-electron chi connectivity index (χ4n) is 3.62. The molecule has 0 spiro atoms. The monoisotopic (exact) mass is 495 g/mol. The molecule has 2 aliphatic heterocycles. The molecule has 0 radical (unpaired) electrons. The lowest BCUT2D eigenvalue weighted by molar-refractivity contribution is 0.0507. The van der Waals surface area contributed by atoms with E-state index in [4.69, 9.17) is 4.74 Å². The van der Waals surface area contributed by atoms with Crippen molar-refractivity contribution in [2.45, 2.75) is 58.1 Å². The lowest BCUT2D eigenvalue weighted by Crippen LogP contribution is -2.44. The van der Waals surface area contributed by atoms with E-state index in [2.05, 4.69) is 32.5 Å². The summed E-state index contributed by atoms with van der Waals surface area (Å²) in [5.74, 6) is 1.75. The first kappa shape index (κ1) is 24.3. The van der Waals surface area contributed by atoms with Gasteiger partial charge in [0.2, 0.25) is 0 Å². The highest BCUT2D eigenvalue weighted by atomic mass is 127. The van der Waals surface area contributed by atoms with Gasteiger partial charge in [-0.2, -0.15) is 0 Å². The fourth-order valence-corrected chi connectivity index (χ4v) is 3.62. The molecule has 2 aliphatic rings. The van der Waals surface area contributed by atoms with E-state index in [1.807, 2.05) is 27.8 Å². The number of nitrogens with one attached hydrogen (secondary N) is 2. The highest BCUT2D eigenvalue weighted by Crippen LogP contribution is 2.19. The van der Waals surface area contributed by atoms with E-state index >= 15 is 0 Å². The van der Waals surface area contributed by atoms with Crippen LogP contribution in [0.4, 0.5) is 4.79 Å². The second kappa shape index (κ2) is 11.3. The summed E-state index contributed by atoms with van der Waals surface area (Å²) in [5, 5.41) is 6.47. The van der Waals surface area contributed by atoms with Gasteiger partial charge >= 0.3 is 6.09 Å². The number of carbonyl (C=O) groups excluding carboxylic acids is 1. The van der Waals surface area contributed by atoms with Gasteiger partial charge in [0.1, 0.15) is 5.60 Å². The van der Waals surface area contributed by atoms with Crippen LogP contribution in [0.1, 0.15) is 46.5 Å². The van der Waals surface area contributed by atoms with Crippen molar-refractivity contribution in [3.05, 3.63) is 0 Å². The first-order valence-corrected chi connectivity index (χ1v) is 9.90.